The van der Waals surface area contributed by atoms with Crippen LogP contribution in [0.1, 0.15) is 64.7 Å². The lowest BCUT2D eigenvalue weighted by Crippen LogP contribution is -2.46. The molecule has 1 saturated heterocycles. The van der Waals surface area contributed by atoms with E-state index in [1.54, 1.807) is 0 Å². The lowest BCUT2D eigenvalue weighted by Gasteiger charge is -2.33. The molecule has 0 bridgehead atoms. The molecule has 1 saturated carbocycles. The first kappa shape index (κ1) is 22.5. The number of nitrogens with one attached hydrogen (secondary N) is 1. The summed E-state index contributed by atoms with van der Waals surface area (Å²) >= 11 is 0. The van der Waals surface area contributed by atoms with Crippen LogP contribution in [0, 0.1) is 11.8 Å². The Bertz CT molecular complexity index is 401. The number of esters is 1. The number of hydrogen-bond acceptors (Lipinski definition) is 3. The summed E-state index contributed by atoms with van der Waals surface area (Å²) in [4.78, 5) is 18.9. The Morgan fingerprint density at radius 1 is 1.08 bits per heavy atom. The molecule has 1 aliphatic heterocycles. The minimum atomic E-state index is -0.0638. The van der Waals surface area contributed by atoms with Crippen LogP contribution >= 0.6 is 24.0 Å². The van der Waals surface area contributed by atoms with Crippen LogP contribution < -0.4 is 5.32 Å². The maximum atomic E-state index is 11.7. The third kappa shape index (κ3) is 7.71. The number of hydrogen-bond donors (Lipinski definition) is 1. The van der Waals surface area contributed by atoms with Crippen LogP contribution in [0.2, 0.25) is 0 Å². The number of halogens is 1. The summed E-state index contributed by atoms with van der Waals surface area (Å²) in [7, 11) is 1.48. The Kier molecular flexibility index (Phi) is 11.5. The van der Waals surface area contributed by atoms with E-state index in [2.05, 4.69) is 17.1 Å². The Morgan fingerprint density at radius 3 is 2.24 bits per heavy atom. The maximum absolute atomic E-state index is 11.7. The van der Waals surface area contributed by atoms with Crippen LogP contribution in [0.4, 0.5) is 0 Å². The van der Waals surface area contributed by atoms with E-state index < -0.39 is 0 Å². The number of likely N-dealkylation sites (tertiary alicyclic amines) is 1. The number of rotatable bonds is 4. The van der Waals surface area contributed by atoms with Gasteiger partial charge in [0.15, 0.2) is 5.96 Å². The molecule has 146 valence electrons. The molecule has 5 nitrogen and oxygen atoms in total. The molecule has 0 radical (unpaired) electrons. The second kappa shape index (κ2) is 12.8. The van der Waals surface area contributed by atoms with Crippen molar-refractivity contribution in [3.63, 3.8) is 0 Å². The molecule has 6 heteroatoms. The van der Waals surface area contributed by atoms with Gasteiger partial charge in [-0.15, -0.1) is 24.0 Å². The van der Waals surface area contributed by atoms with Crippen LogP contribution in [0.5, 0.6) is 0 Å². The number of carbonyl (C=O) groups excluding carboxylic acids is 1. The van der Waals surface area contributed by atoms with Crippen LogP contribution in [-0.2, 0) is 9.53 Å². The van der Waals surface area contributed by atoms with E-state index in [4.69, 9.17) is 9.73 Å². The van der Waals surface area contributed by atoms with Gasteiger partial charge in [0, 0.05) is 26.2 Å². The lowest BCUT2D eigenvalue weighted by atomic mass is 9.91. The quantitative estimate of drug-likeness (QED) is 0.297. The largest absolute Gasteiger partial charge is 0.469 e. The van der Waals surface area contributed by atoms with Crippen LogP contribution in [0.15, 0.2) is 4.99 Å². The van der Waals surface area contributed by atoms with E-state index in [1.165, 1.54) is 52.1 Å². The maximum Gasteiger partial charge on any atom is 0.308 e. The van der Waals surface area contributed by atoms with Crippen LogP contribution in [0.25, 0.3) is 0 Å². The molecular weight excluding hydrogens is 429 g/mol. The third-order valence-corrected chi connectivity index (χ3v) is 5.39. The van der Waals surface area contributed by atoms with Crippen molar-refractivity contribution in [1.82, 2.24) is 10.2 Å². The number of carbonyl (C=O) groups is 1. The van der Waals surface area contributed by atoms with Crippen molar-refractivity contribution in [3.05, 3.63) is 0 Å². The Hall–Kier alpha value is -0.530. The highest BCUT2D eigenvalue weighted by Crippen LogP contribution is 2.23. The van der Waals surface area contributed by atoms with Gasteiger partial charge < -0.3 is 15.0 Å². The van der Waals surface area contributed by atoms with Gasteiger partial charge in [0.25, 0.3) is 0 Å². The van der Waals surface area contributed by atoms with E-state index in [0.717, 1.165) is 50.9 Å². The summed E-state index contributed by atoms with van der Waals surface area (Å²) in [6, 6.07) is 0. The summed E-state index contributed by atoms with van der Waals surface area (Å²) in [6.45, 7) is 5.72. The van der Waals surface area contributed by atoms with Crippen molar-refractivity contribution in [2.45, 2.75) is 64.7 Å². The Balaban J connectivity index is 0.00000312. The van der Waals surface area contributed by atoms with Crippen molar-refractivity contribution in [3.8, 4) is 0 Å². The first-order valence-electron chi connectivity index (χ1n) is 9.85. The molecule has 0 aromatic rings. The predicted octanol–water partition coefficient (Wildman–Crippen LogP) is 3.82. The number of aliphatic imine (C=N–C) groups is 1. The van der Waals surface area contributed by atoms with E-state index in [0.29, 0.717) is 0 Å². The zero-order valence-corrected chi connectivity index (χ0v) is 18.3. The highest BCUT2D eigenvalue weighted by atomic mass is 127. The van der Waals surface area contributed by atoms with Crippen molar-refractivity contribution in [2.75, 3.05) is 33.3 Å². The minimum absolute atomic E-state index is 0. The van der Waals surface area contributed by atoms with Gasteiger partial charge in [0.05, 0.1) is 13.0 Å². The van der Waals surface area contributed by atoms with Gasteiger partial charge >= 0.3 is 5.97 Å². The molecule has 25 heavy (non-hydrogen) atoms. The molecule has 0 amide bonds. The fraction of sp³-hybridized carbons (Fsp3) is 0.895. The number of nitrogens with zero attached hydrogens (tertiary/aromatic N) is 2. The van der Waals surface area contributed by atoms with E-state index in [-0.39, 0.29) is 35.9 Å². The summed E-state index contributed by atoms with van der Waals surface area (Å²) < 4.78 is 4.88. The highest BCUT2D eigenvalue weighted by molar-refractivity contribution is 14.0. The number of ether oxygens (including phenoxy) is 1. The smallest absolute Gasteiger partial charge is 0.308 e. The first-order chi connectivity index (χ1) is 11.7. The van der Waals surface area contributed by atoms with Gasteiger partial charge in [0.1, 0.15) is 0 Å². The van der Waals surface area contributed by atoms with E-state index >= 15 is 0 Å². The monoisotopic (exact) mass is 465 g/mol. The molecule has 1 N–H and O–H groups in total. The van der Waals surface area contributed by atoms with Gasteiger partial charge in [-0.1, -0.05) is 32.1 Å². The molecule has 2 aliphatic rings. The SMILES string of the molecule is CCNC(=NCC1CCCCCCC1)N1CCC(C(=O)OC)CC1.I. The van der Waals surface area contributed by atoms with E-state index in [9.17, 15) is 4.79 Å². The van der Waals surface area contributed by atoms with Crippen molar-refractivity contribution in [1.29, 1.82) is 0 Å². The second-order valence-corrected chi connectivity index (χ2v) is 7.19. The Labute approximate surface area is 170 Å². The predicted molar refractivity (Wildman–Crippen MR) is 114 cm³/mol. The van der Waals surface area contributed by atoms with Crippen molar-refractivity contribution in [2.24, 2.45) is 16.8 Å². The van der Waals surface area contributed by atoms with Crippen LogP contribution in [0.3, 0.4) is 0 Å². The molecule has 0 atom stereocenters. The second-order valence-electron chi connectivity index (χ2n) is 7.19. The standard InChI is InChI=1S/C19H35N3O2.HI/c1-3-20-19(21-15-16-9-7-5-4-6-8-10-16)22-13-11-17(12-14-22)18(23)24-2;/h16-17H,3-15H2,1-2H3,(H,20,21);1H. The van der Waals surface area contributed by atoms with Crippen molar-refractivity contribution >= 4 is 35.9 Å². The molecule has 2 rings (SSSR count). The molecule has 1 aliphatic carbocycles. The topological polar surface area (TPSA) is 53.9 Å². The summed E-state index contributed by atoms with van der Waals surface area (Å²) in [6.07, 6.45) is 11.3. The Morgan fingerprint density at radius 2 is 1.68 bits per heavy atom. The summed E-state index contributed by atoms with van der Waals surface area (Å²) in [5.74, 6) is 1.76. The first-order valence-corrected chi connectivity index (χ1v) is 9.85. The summed E-state index contributed by atoms with van der Waals surface area (Å²) in [5.41, 5.74) is 0. The zero-order chi connectivity index (χ0) is 17.2. The fourth-order valence-electron chi connectivity index (χ4n) is 3.86. The minimum Gasteiger partial charge on any atom is -0.469 e. The zero-order valence-electron chi connectivity index (χ0n) is 16.0. The molecule has 0 aromatic heterocycles. The van der Waals surface area contributed by atoms with Gasteiger partial charge in [0.2, 0.25) is 0 Å². The number of guanidine groups is 1. The van der Waals surface area contributed by atoms with Gasteiger partial charge in [-0.3, -0.25) is 9.79 Å². The highest BCUT2D eigenvalue weighted by Gasteiger charge is 2.27. The molecule has 0 spiro atoms. The van der Waals surface area contributed by atoms with Gasteiger partial charge in [-0.2, -0.15) is 0 Å². The average molecular weight is 465 g/mol. The molecular formula is C19H36IN3O2. The third-order valence-electron chi connectivity index (χ3n) is 5.39. The van der Waals surface area contributed by atoms with Gasteiger partial charge in [-0.05, 0) is 38.5 Å². The molecule has 0 unspecified atom stereocenters. The van der Waals surface area contributed by atoms with Gasteiger partial charge in [-0.25, -0.2) is 0 Å². The normalized spacial score (nSPS) is 21.0. The van der Waals surface area contributed by atoms with Crippen molar-refractivity contribution < 1.29 is 9.53 Å². The fourth-order valence-corrected chi connectivity index (χ4v) is 3.86. The van der Waals surface area contributed by atoms with E-state index in [1.807, 2.05) is 0 Å². The molecule has 0 aromatic carbocycles. The van der Waals surface area contributed by atoms with Crippen LogP contribution in [-0.4, -0.2) is 50.1 Å². The summed E-state index contributed by atoms with van der Waals surface area (Å²) in [5, 5.41) is 3.44. The average Bonchev–Trinajstić information content (AvgIpc) is 2.59. The molecule has 1 heterocycles. The number of piperidine rings is 1. The number of methoxy groups -OCH3 is 1. The molecule has 2 fully saturated rings. The lowest BCUT2D eigenvalue weighted by molar-refractivity contribution is -0.146.